The average molecular weight is 739 g/mol. The third kappa shape index (κ3) is 5.61. The number of aromatic hydroxyl groups is 1. The molecule has 4 aromatic rings. The second-order valence-electron chi connectivity index (χ2n) is 14.7. The van der Waals surface area contributed by atoms with Crippen molar-refractivity contribution in [3.63, 3.8) is 0 Å². The van der Waals surface area contributed by atoms with E-state index in [4.69, 9.17) is 14.2 Å². The van der Waals surface area contributed by atoms with Gasteiger partial charge in [0.15, 0.2) is 11.5 Å². The summed E-state index contributed by atoms with van der Waals surface area (Å²) < 4.78 is 16.6. The lowest BCUT2D eigenvalue weighted by Crippen LogP contribution is -2.48. The molecule has 4 aromatic carbocycles. The molecule has 4 amide bonds. The van der Waals surface area contributed by atoms with Crippen LogP contribution in [0.5, 0.6) is 23.0 Å². The summed E-state index contributed by atoms with van der Waals surface area (Å²) in [6.07, 6.45) is 6.30. The van der Waals surface area contributed by atoms with Crippen molar-refractivity contribution in [2.75, 3.05) is 30.6 Å². The van der Waals surface area contributed by atoms with E-state index in [1.807, 2.05) is 61.5 Å². The predicted molar refractivity (Wildman–Crippen MR) is 208 cm³/mol. The molecule has 280 valence electrons. The van der Waals surface area contributed by atoms with Crippen LogP contribution in [0.4, 0.5) is 11.4 Å². The van der Waals surface area contributed by atoms with Gasteiger partial charge < -0.3 is 19.3 Å². The molecule has 2 saturated heterocycles. The van der Waals surface area contributed by atoms with Crippen LogP contribution in [-0.4, -0.2) is 49.6 Å². The van der Waals surface area contributed by atoms with E-state index in [-0.39, 0.29) is 48.0 Å². The maximum Gasteiger partial charge on any atom is 0.241 e. The Balaban J connectivity index is 1.15. The molecule has 0 spiro atoms. The zero-order chi connectivity index (χ0) is 38.6. The molecule has 6 atom stereocenters. The van der Waals surface area contributed by atoms with Crippen LogP contribution in [0.3, 0.4) is 0 Å². The Hall–Kier alpha value is -6.16. The molecule has 55 heavy (non-hydrogen) atoms. The maximum absolute atomic E-state index is 14.7. The first-order valence-corrected chi connectivity index (χ1v) is 18.6. The molecule has 0 bridgehead atoms. The van der Waals surface area contributed by atoms with Crippen LogP contribution in [0, 0.1) is 29.1 Å². The fourth-order valence-corrected chi connectivity index (χ4v) is 9.37. The van der Waals surface area contributed by atoms with E-state index >= 15 is 0 Å². The van der Waals surface area contributed by atoms with Crippen LogP contribution in [0.2, 0.25) is 0 Å². The van der Waals surface area contributed by atoms with Crippen LogP contribution >= 0.6 is 0 Å². The molecule has 1 saturated carbocycles. The quantitative estimate of drug-likeness (QED) is 0.107. The number of anilines is 2. The number of methoxy groups -OCH3 is 2. The van der Waals surface area contributed by atoms with Gasteiger partial charge in [0.25, 0.3) is 0 Å². The summed E-state index contributed by atoms with van der Waals surface area (Å²) in [4.78, 5) is 60.4. The van der Waals surface area contributed by atoms with E-state index in [0.29, 0.717) is 35.0 Å². The lowest BCUT2D eigenvalue weighted by atomic mass is 9.51. The maximum atomic E-state index is 14.7. The fourth-order valence-electron chi connectivity index (χ4n) is 9.37. The number of carbonyl (C=O) groups excluding carboxylic acids is 4. The molecule has 2 aliphatic carbocycles. The van der Waals surface area contributed by atoms with Crippen molar-refractivity contribution in [1.82, 2.24) is 0 Å². The molecule has 0 aromatic heterocycles. The van der Waals surface area contributed by atoms with Crippen LogP contribution in [0.1, 0.15) is 49.3 Å². The Morgan fingerprint density at radius 3 is 2.24 bits per heavy atom. The van der Waals surface area contributed by atoms with Gasteiger partial charge in [-0.1, -0.05) is 66.3 Å². The summed E-state index contributed by atoms with van der Waals surface area (Å²) in [5.74, 6) is -3.25. The molecule has 1 N–H and O–H groups in total. The molecule has 2 heterocycles. The summed E-state index contributed by atoms with van der Waals surface area (Å²) in [6.45, 7) is 3.94. The third-order valence-corrected chi connectivity index (χ3v) is 12.0. The standard InChI is InChI=1S/C45H42N2O8/c1-5-55-37-13-9-12-33(40(37)48)39-31-21-22-32-38(34(31)25-35-42(50)47(44(52)45(35,39)2)28-10-7-6-8-11-28)43(51)46(41(32)49)29-18-15-26(16-19-29)14-17-27-24-30(53-3)20-23-36(27)54-4/h6-21,23-24,32,34-35,38-39,48H,5,22,25H2,1-4H3/t32-,34+,35-,38-,39+,45+/m0/s1. The van der Waals surface area contributed by atoms with Gasteiger partial charge in [-0.05, 0) is 86.7 Å². The number of fused-ring (bicyclic) bond motifs is 4. The molecule has 2 aliphatic heterocycles. The summed E-state index contributed by atoms with van der Waals surface area (Å²) in [7, 11) is 3.21. The highest BCUT2D eigenvalue weighted by molar-refractivity contribution is 6.25. The van der Waals surface area contributed by atoms with Crippen molar-refractivity contribution in [2.45, 2.75) is 32.6 Å². The zero-order valence-corrected chi connectivity index (χ0v) is 31.1. The van der Waals surface area contributed by atoms with Gasteiger partial charge in [0.05, 0.1) is 55.4 Å². The number of nitrogens with zero attached hydrogens (tertiary/aromatic N) is 2. The first kappa shape index (κ1) is 35.8. The van der Waals surface area contributed by atoms with E-state index in [9.17, 15) is 24.3 Å². The molecule has 0 radical (unpaired) electrons. The molecule has 10 heteroatoms. The predicted octanol–water partition coefficient (Wildman–Crippen LogP) is 7.41. The Kier molecular flexibility index (Phi) is 9.07. The zero-order valence-electron chi connectivity index (χ0n) is 31.1. The first-order valence-electron chi connectivity index (χ1n) is 18.6. The minimum absolute atomic E-state index is 0.106. The van der Waals surface area contributed by atoms with Crippen molar-refractivity contribution in [1.29, 1.82) is 0 Å². The molecule has 4 aliphatic rings. The number of phenols is 1. The lowest BCUT2D eigenvalue weighted by molar-refractivity contribution is -0.131. The third-order valence-electron chi connectivity index (χ3n) is 12.0. The number of hydrogen-bond acceptors (Lipinski definition) is 8. The van der Waals surface area contributed by atoms with Gasteiger partial charge in [-0.15, -0.1) is 0 Å². The summed E-state index contributed by atoms with van der Waals surface area (Å²) in [6, 6.07) is 26.8. The molecule has 8 rings (SSSR count). The molecular formula is C45H42N2O8. The van der Waals surface area contributed by atoms with Crippen LogP contribution < -0.4 is 24.0 Å². The van der Waals surface area contributed by atoms with Gasteiger partial charge in [0, 0.05) is 17.0 Å². The van der Waals surface area contributed by atoms with Gasteiger partial charge >= 0.3 is 0 Å². The second-order valence-corrected chi connectivity index (χ2v) is 14.7. The summed E-state index contributed by atoms with van der Waals surface area (Å²) in [5, 5.41) is 11.7. The highest BCUT2D eigenvalue weighted by Gasteiger charge is 2.68. The Labute approximate surface area is 319 Å². The average Bonchev–Trinajstić information content (AvgIpc) is 3.57. The van der Waals surface area contributed by atoms with Gasteiger partial charge in [0.2, 0.25) is 23.6 Å². The highest BCUT2D eigenvalue weighted by atomic mass is 16.5. The number of amides is 4. The van der Waals surface area contributed by atoms with Crippen molar-refractivity contribution in [3.8, 4) is 23.0 Å². The van der Waals surface area contributed by atoms with Crippen molar-refractivity contribution < 1.29 is 38.5 Å². The van der Waals surface area contributed by atoms with Crippen LogP contribution in [0.25, 0.3) is 12.2 Å². The minimum Gasteiger partial charge on any atom is -0.504 e. The summed E-state index contributed by atoms with van der Waals surface area (Å²) >= 11 is 0. The Morgan fingerprint density at radius 2 is 1.53 bits per heavy atom. The fraction of sp³-hybridized carbons (Fsp3) is 0.289. The lowest BCUT2D eigenvalue weighted by Gasteiger charge is -2.49. The summed E-state index contributed by atoms with van der Waals surface area (Å²) in [5.41, 5.74) is 2.57. The molecule has 3 fully saturated rings. The van der Waals surface area contributed by atoms with E-state index in [0.717, 1.165) is 16.7 Å². The number of carbonyl (C=O) groups is 4. The number of allylic oxidation sites excluding steroid dienone is 2. The van der Waals surface area contributed by atoms with E-state index in [2.05, 4.69) is 0 Å². The van der Waals surface area contributed by atoms with Crippen LogP contribution in [-0.2, 0) is 19.2 Å². The van der Waals surface area contributed by atoms with Crippen molar-refractivity contribution in [2.24, 2.45) is 29.1 Å². The minimum atomic E-state index is -1.28. The molecule has 0 unspecified atom stereocenters. The SMILES string of the molecule is CCOc1cccc([C@H]2C3=CC[C@@H]4C(=O)N(c5ccc(C=Cc6cc(OC)ccc6OC)cc5)C(=O)[C@@H]4[C@@H]3C[C@H]3C(=O)N(c4ccccc4)C(=O)[C@@]23C)c1O. The van der Waals surface area contributed by atoms with E-state index in [1.165, 1.54) is 9.80 Å². The van der Waals surface area contributed by atoms with Crippen molar-refractivity contribution in [3.05, 3.63) is 119 Å². The number of ether oxygens (including phenoxy) is 3. The number of hydrogen-bond donors (Lipinski definition) is 1. The first-order chi connectivity index (χ1) is 26.6. The number of imide groups is 2. The number of rotatable bonds is 9. The van der Waals surface area contributed by atoms with E-state index < -0.39 is 35.0 Å². The smallest absolute Gasteiger partial charge is 0.241 e. The number of benzene rings is 4. The Bertz CT molecular complexity index is 2260. The van der Waals surface area contributed by atoms with E-state index in [1.54, 1.807) is 75.7 Å². The van der Waals surface area contributed by atoms with Gasteiger partial charge in [-0.3, -0.25) is 24.1 Å². The topological polar surface area (TPSA) is 123 Å². The second kappa shape index (κ2) is 13.9. The van der Waals surface area contributed by atoms with Gasteiger partial charge in [-0.2, -0.15) is 0 Å². The highest BCUT2D eigenvalue weighted by Crippen LogP contribution is 2.65. The Morgan fingerprint density at radius 1 is 0.782 bits per heavy atom. The molecule has 10 nitrogen and oxygen atoms in total. The number of para-hydroxylation sites is 2. The molecular weight excluding hydrogens is 697 g/mol. The van der Waals surface area contributed by atoms with Gasteiger partial charge in [-0.25, -0.2) is 4.90 Å². The number of phenolic OH excluding ortho intramolecular Hbond substituents is 1. The van der Waals surface area contributed by atoms with Gasteiger partial charge in [0.1, 0.15) is 11.5 Å². The normalized spacial score (nSPS) is 25.8. The van der Waals surface area contributed by atoms with Crippen molar-refractivity contribution >= 4 is 47.2 Å². The monoisotopic (exact) mass is 738 g/mol. The largest absolute Gasteiger partial charge is 0.504 e. The van der Waals surface area contributed by atoms with Crippen LogP contribution in [0.15, 0.2) is 103 Å².